The molecule has 0 spiro atoms. The van der Waals surface area contributed by atoms with Crippen LogP contribution in [0.5, 0.6) is 0 Å². The molecule has 1 aromatic rings. The first-order valence-electron chi connectivity index (χ1n) is 4.71. The van der Waals surface area contributed by atoms with E-state index in [1.54, 1.807) is 0 Å². The van der Waals surface area contributed by atoms with Crippen molar-refractivity contribution < 1.29 is 9.53 Å². The molecular weight excluding hydrogens is 178 g/mol. The maximum Gasteiger partial charge on any atom is 0.326 e. The lowest BCUT2D eigenvalue weighted by Gasteiger charge is -2.19. The van der Waals surface area contributed by atoms with Crippen LogP contribution < -0.4 is 0 Å². The van der Waals surface area contributed by atoms with Crippen LogP contribution in [0.15, 0.2) is 18.5 Å². The van der Waals surface area contributed by atoms with Gasteiger partial charge in [0, 0.05) is 12.4 Å². The normalized spacial score (nSPS) is 11.4. The molecule has 0 amide bonds. The number of hydrogen-bond donors (Lipinski definition) is 0. The summed E-state index contributed by atoms with van der Waals surface area (Å²) in [6, 6.07) is 1.96. The Morgan fingerprint density at radius 1 is 1.50 bits per heavy atom. The number of hydrogen-bond acceptors (Lipinski definition) is 2. The van der Waals surface area contributed by atoms with Crippen LogP contribution in [0.1, 0.15) is 26.3 Å². The Hall–Kier alpha value is -1.25. The molecule has 0 N–H and O–H groups in total. The minimum absolute atomic E-state index is 0.201. The van der Waals surface area contributed by atoms with Gasteiger partial charge in [0.1, 0.15) is 12.1 Å². The second kappa shape index (κ2) is 3.86. The van der Waals surface area contributed by atoms with Crippen molar-refractivity contribution >= 4 is 5.97 Å². The fourth-order valence-electron chi connectivity index (χ4n) is 1.18. The van der Waals surface area contributed by atoms with Gasteiger partial charge in [-0.05, 0) is 39.3 Å². The van der Waals surface area contributed by atoms with E-state index in [-0.39, 0.29) is 12.5 Å². The van der Waals surface area contributed by atoms with Crippen molar-refractivity contribution in [2.45, 2.75) is 39.8 Å². The van der Waals surface area contributed by atoms with Crippen molar-refractivity contribution in [1.82, 2.24) is 4.57 Å². The Kier molecular flexibility index (Phi) is 2.99. The highest BCUT2D eigenvalue weighted by atomic mass is 16.6. The van der Waals surface area contributed by atoms with Gasteiger partial charge in [0.2, 0.25) is 0 Å². The van der Waals surface area contributed by atoms with E-state index in [1.165, 1.54) is 0 Å². The smallest absolute Gasteiger partial charge is 0.326 e. The van der Waals surface area contributed by atoms with Crippen molar-refractivity contribution in [3.63, 3.8) is 0 Å². The van der Waals surface area contributed by atoms with Crippen LogP contribution in [-0.4, -0.2) is 16.1 Å². The SMILES string of the molecule is Cc1ccn(CC(=O)OC(C)(C)C)c1. The molecule has 0 saturated carbocycles. The quantitative estimate of drug-likeness (QED) is 0.677. The molecule has 0 aliphatic rings. The van der Waals surface area contributed by atoms with Gasteiger partial charge < -0.3 is 9.30 Å². The lowest BCUT2D eigenvalue weighted by molar-refractivity contribution is -0.155. The fourth-order valence-corrected chi connectivity index (χ4v) is 1.18. The monoisotopic (exact) mass is 195 g/mol. The average molecular weight is 195 g/mol. The van der Waals surface area contributed by atoms with Crippen LogP contribution in [0.3, 0.4) is 0 Å². The summed E-state index contributed by atoms with van der Waals surface area (Å²) in [6.07, 6.45) is 3.79. The van der Waals surface area contributed by atoms with Crippen molar-refractivity contribution in [3.05, 3.63) is 24.0 Å². The Morgan fingerprint density at radius 3 is 2.57 bits per heavy atom. The Bertz CT molecular complexity index is 320. The summed E-state index contributed by atoms with van der Waals surface area (Å²) in [5.74, 6) is -0.201. The number of carbonyl (C=O) groups excluding carboxylic acids is 1. The van der Waals surface area contributed by atoms with Crippen LogP contribution >= 0.6 is 0 Å². The van der Waals surface area contributed by atoms with Gasteiger partial charge in [-0.1, -0.05) is 0 Å². The van der Waals surface area contributed by atoms with Crippen LogP contribution in [-0.2, 0) is 16.1 Å². The highest BCUT2D eigenvalue weighted by Gasteiger charge is 2.15. The van der Waals surface area contributed by atoms with E-state index < -0.39 is 5.60 Å². The van der Waals surface area contributed by atoms with Gasteiger partial charge in [-0.2, -0.15) is 0 Å². The van der Waals surface area contributed by atoms with E-state index in [4.69, 9.17) is 4.74 Å². The first-order chi connectivity index (χ1) is 6.37. The van der Waals surface area contributed by atoms with E-state index >= 15 is 0 Å². The zero-order chi connectivity index (χ0) is 10.8. The predicted molar refractivity (Wildman–Crippen MR) is 55.0 cm³/mol. The van der Waals surface area contributed by atoms with Crippen LogP contribution in [0.25, 0.3) is 0 Å². The van der Waals surface area contributed by atoms with E-state index in [0.29, 0.717) is 0 Å². The number of aromatic nitrogens is 1. The van der Waals surface area contributed by atoms with Crippen molar-refractivity contribution in [1.29, 1.82) is 0 Å². The molecule has 0 unspecified atom stereocenters. The third-order valence-corrected chi connectivity index (χ3v) is 1.63. The summed E-state index contributed by atoms with van der Waals surface area (Å²) >= 11 is 0. The van der Waals surface area contributed by atoms with E-state index in [0.717, 1.165) is 5.56 Å². The molecule has 1 rings (SSSR count). The molecule has 1 heterocycles. The summed E-state index contributed by atoms with van der Waals surface area (Å²) in [6.45, 7) is 7.88. The zero-order valence-corrected chi connectivity index (χ0v) is 9.20. The molecule has 1 aromatic heterocycles. The summed E-state index contributed by atoms with van der Waals surface area (Å²) in [7, 11) is 0. The molecule has 78 valence electrons. The molecule has 14 heavy (non-hydrogen) atoms. The lowest BCUT2D eigenvalue weighted by Crippen LogP contribution is -2.26. The number of nitrogens with zero attached hydrogens (tertiary/aromatic N) is 1. The molecule has 0 saturated heterocycles. The Balaban J connectivity index is 2.50. The lowest BCUT2D eigenvalue weighted by atomic mass is 10.2. The minimum Gasteiger partial charge on any atom is -0.459 e. The Labute approximate surface area is 84.7 Å². The topological polar surface area (TPSA) is 31.2 Å². The van der Waals surface area contributed by atoms with Gasteiger partial charge in [-0.15, -0.1) is 0 Å². The number of carbonyl (C=O) groups is 1. The predicted octanol–water partition coefficient (Wildman–Crippen LogP) is 2.14. The second-order valence-corrected chi connectivity index (χ2v) is 4.45. The molecule has 0 fully saturated rings. The number of rotatable bonds is 2. The van der Waals surface area contributed by atoms with Gasteiger partial charge in [0.05, 0.1) is 0 Å². The highest BCUT2D eigenvalue weighted by molar-refractivity contribution is 5.69. The summed E-state index contributed by atoms with van der Waals surface area (Å²) in [4.78, 5) is 11.4. The van der Waals surface area contributed by atoms with Crippen molar-refractivity contribution in [2.75, 3.05) is 0 Å². The van der Waals surface area contributed by atoms with Crippen LogP contribution in [0.4, 0.5) is 0 Å². The van der Waals surface area contributed by atoms with E-state index in [9.17, 15) is 4.79 Å². The summed E-state index contributed by atoms with van der Waals surface area (Å²) in [5.41, 5.74) is 0.743. The van der Waals surface area contributed by atoms with E-state index in [2.05, 4.69) is 0 Å². The second-order valence-electron chi connectivity index (χ2n) is 4.45. The summed E-state index contributed by atoms with van der Waals surface area (Å²) < 4.78 is 7.01. The molecule has 0 bridgehead atoms. The van der Waals surface area contributed by atoms with Crippen LogP contribution in [0.2, 0.25) is 0 Å². The van der Waals surface area contributed by atoms with Crippen LogP contribution in [0, 0.1) is 6.92 Å². The molecular formula is C11H17NO2. The van der Waals surface area contributed by atoms with Gasteiger partial charge in [0.15, 0.2) is 0 Å². The average Bonchev–Trinajstić information content (AvgIpc) is 2.30. The van der Waals surface area contributed by atoms with Crippen molar-refractivity contribution in [3.8, 4) is 0 Å². The molecule has 0 radical (unpaired) electrons. The summed E-state index contributed by atoms with van der Waals surface area (Å²) in [5, 5.41) is 0. The Morgan fingerprint density at radius 2 is 2.14 bits per heavy atom. The number of aryl methyl sites for hydroxylation is 1. The molecule has 3 nitrogen and oxygen atoms in total. The largest absolute Gasteiger partial charge is 0.459 e. The third-order valence-electron chi connectivity index (χ3n) is 1.63. The highest BCUT2D eigenvalue weighted by Crippen LogP contribution is 2.08. The van der Waals surface area contributed by atoms with Gasteiger partial charge >= 0.3 is 5.97 Å². The molecule has 0 atom stereocenters. The minimum atomic E-state index is -0.403. The zero-order valence-electron chi connectivity index (χ0n) is 9.20. The number of esters is 1. The van der Waals surface area contributed by atoms with Crippen molar-refractivity contribution in [2.24, 2.45) is 0 Å². The third kappa shape index (κ3) is 3.64. The first-order valence-corrected chi connectivity index (χ1v) is 4.71. The van der Waals surface area contributed by atoms with Gasteiger partial charge in [-0.3, -0.25) is 4.79 Å². The number of ether oxygens (including phenoxy) is 1. The first kappa shape index (κ1) is 10.8. The maximum atomic E-state index is 11.4. The molecule has 0 aliphatic heterocycles. The molecule has 0 aliphatic carbocycles. The standard InChI is InChI=1S/C11H17NO2/c1-9-5-6-12(7-9)8-10(13)14-11(2,3)4/h5-7H,8H2,1-4H3. The maximum absolute atomic E-state index is 11.4. The van der Waals surface area contributed by atoms with Gasteiger partial charge in [0.25, 0.3) is 0 Å². The van der Waals surface area contributed by atoms with E-state index in [1.807, 2.05) is 50.7 Å². The fraction of sp³-hybridized carbons (Fsp3) is 0.545. The molecule has 3 heteroatoms. The molecule has 0 aromatic carbocycles. The van der Waals surface area contributed by atoms with Gasteiger partial charge in [-0.25, -0.2) is 0 Å².